The molecule has 1 saturated carbocycles. The number of rotatable bonds is 6. The molecule has 0 bridgehead atoms. The Morgan fingerprint density at radius 1 is 1.13 bits per heavy atom. The van der Waals surface area contributed by atoms with Crippen molar-refractivity contribution >= 4 is 5.91 Å². The molecule has 9 heteroatoms. The zero-order valence-corrected chi connectivity index (χ0v) is 16.5. The number of halogens is 3. The Labute approximate surface area is 176 Å². The summed E-state index contributed by atoms with van der Waals surface area (Å²) in [6, 6.07) is 11.0. The predicted molar refractivity (Wildman–Crippen MR) is 104 cm³/mol. The molecule has 2 aliphatic heterocycles. The summed E-state index contributed by atoms with van der Waals surface area (Å²) in [5, 5.41) is 2.85. The lowest BCUT2D eigenvalue weighted by Crippen LogP contribution is -2.30. The van der Waals surface area contributed by atoms with Crippen LogP contribution in [-0.4, -0.2) is 43.6 Å². The highest BCUT2D eigenvalue weighted by Crippen LogP contribution is 2.52. The Hall–Kier alpha value is -2.94. The van der Waals surface area contributed by atoms with Crippen molar-refractivity contribution in [1.29, 1.82) is 0 Å². The fraction of sp³-hybridized carbons (Fsp3) is 0.409. The van der Waals surface area contributed by atoms with Crippen LogP contribution in [0.4, 0.5) is 13.2 Å². The SMILES string of the molecule is O=C(NCC1C2CN(Cc3cccc4c3OCO4)CC12)c1cccc(OC(F)(F)F)c1. The molecular formula is C22H21F3N2O4. The molecule has 2 fully saturated rings. The highest BCUT2D eigenvalue weighted by molar-refractivity contribution is 5.94. The van der Waals surface area contributed by atoms with Gasteiger partial charge in [0.25, 0.3) is 5.91 Å². The van der Waals surface area contributed by atoms with E-state index in [1.54, 1.807) is 0 Å². The molecule has 1 aliphatic carbocycles. The summed E-state index contributed by atoms with van der Waals surface area (Å²) in [6.45, 7) is 3.47. The monoisotopic (exact) mass is 434 g/mol. The maximum atomic E-state index is 12.4. The van der Waals surface area contributed by atoms with Crippen LogP contribution < -0.4 is 19.5 Å². The minimum absolute atomic E-state index is 0.148. The number of piperidine rings is 1. The summed E-state index contributed by atoms with van der Waals surface area (Å²) in [7, 11) is 0. The van der Waals surface area contributed by atoms with Gasteiger partial charge in [0.05, 0.1) is 0 Å². The van der Waals surface area contributed by atoms with Crippen LogP contribution in [0.15, 0.2) is 42.5 Å². The van der Waals surface area contributed by atoms with Crippen molar-refractivity contribution < 1.29 is 32.2 Å². The Balaban J connectivity index is 1.10. The molecule has 1 saturated heterocycles. The Morgan fingerprint density at radius 2 is 1.90 bits per heavy atom. The summed E-state index contributed by atoms with van der Waals surface area (Å²) in [4.78, 5) is 14.7. The molecule has 0 spiro atoms. The number of amides is 1. The molecule has 1 N–H and O–H groups in total. The van der Waals surface area contributed by atoms with Crippen molar-refractivity contribution in [3.8, 4) is 17.2 Å². The maximum Gasteiger partial charge on any atom is 0.573 e. The van der Waals surface area contributed by atoms with Gasteiger partial charge in [0, 0.05) is 37.3 Å². The molecule has 0 radical (unpaired) electrons. The minimum atomic E-state index is -4.79. The topological polar surface area (TPSA) is 60.0 Å². The fourth-order valence-electron chi connectivity index (χ4n) is 4.67. The third kappa shape index (κ3) is 4.27. The number of likely N-dealkylation sites (tertiary alicyclic amines) is 1. The minimum Gasteiger partial charge on any atom is -0.454 e. The van der Waals surface area contributed by atoms with Crippen LogP contribution in [0.3, 0.4) is 0 Å². The van der Waals surface area contributed by atoms with E-state index < -0.39 is 18.0 Å². The summed E-state index contributed by atoms with van der Waals surface area (Å²) in [6.07, 6.45) is -4.79. The number of carbonyl (C=O) groups is 1. The smallest absolute Gasteiger partial charge is 0.454 e. The molecule has 31 heavy (non-hydrogen) atoms. The van der Waals surface area contributed by atoms with Crippen LogP contribution >= 0.6 is 0 Å². The Kier molecular flexibility index (Phi) is 4.92. The van der Waals surface area contributed by atoms with E-state index in [1.165, 1.54) is 18.2 Å². The van der Waals surface area contributed by atoms with E-state index in [4.69, 9.17) is 9.47 Å². The van der Waals surface area contributed by atoms with Gasteiger partial charge in [-0.25, -0.2) is 0 Å². The zero-order chi connectivity index (χ0) is 21.6. The molecule has 3 aliphatic rings. The normalized spacial score (nSPS) is 24.0. The van der Waals surface area contributed by atoms with Crippen molar-refractivity contribution in [2.45, 2.75) is 12.9 Å². The first-order valence-corrected chi connectivity index (χ1v) is 10.1. The molecule has 0 aromatic heterocycles. The van der Waals surface area contributed by atoms with Crippen molar-refractivity contribution in [2.75, 3.05) is 26.4 Å². The molecule has 6 nitrogen and oxygen atoms in total. The predicted octanol–water partition coefficient (Wildman–Crippen LogP) is 3.42. The molecule has 2 heterocycles. The maximum absolute atomic E-state index is 12.4. The highest BCUT2D eigenvalue weighted by Gasteiger charge is 2.55. The summed E-state index contributed by atoms with van der Waals surface area (Å²) in [5.41, 5.74) is 1.26. The van der Waals surface area contributed by atoms with Crippen LogP contribution in [-0.2, 0) is 6.54 Å². The number of nitrogens with zero attached hydrogens (tertiary/aromatic N) is 1. The van der Waals surface area contributed by atoms with Crippen molar-refractivity contribution in [1.82, 2.24) is 10.2 Å². The van der Waals surface area contributed by atoms with Crippen molar-refractivity contribution in [3.05, 3.63) is 53.6 Å². The van der Waals surface area contributed by atoms with Crippen LogP contribution in [0.5, 0.6) is 17.2 Å². The number of hydrogen-bond donors (Lipinski definition) is 1. The number of para-hydroxylation sites is 1. The van der Waals surface area contributed by atoms with Crippen LogP contribution in [0.25, 0.3) is 0 Å². The lowest BCUT2D eigenvalue weighted by atomic mass is 10.1. The second-order valence-electron chi connectivity index (χ2n) is 8.12. The van der Waals surface area contributed by atoms with Gasteiger partial charge in [0.2, 0.25) is 6.79 Å². The first-order valence-electron chi connectivity index (χ1n) is 10.1. The average Bonchev–Trinajstić information content (AvgIpc) is 3.08. The van der Waals surface area contributed by atoms with E-state index in [9.17, 15) is 18.0 Å². The number of hydrogen-bond acceptors (Lipinski definition) is 5. The number of benzene rings is 2. The van der Waals surface area contributed by atoms with Gasteiger partial charge < -0.3 is 19.5 Å². The number of fused-ring (bicyclic) bond motifs is 2. The molecule has 164 valence electrons. The Bertz CT molecular complexity index is 985. The van der Waals surface area contributed by atoms with Gasteiger partial charge in [-0.05, 0) is 42.0 Å². The molecule has 5 rings (SSSR count). The number of carbonyl (C=O) groups excluding carboxylic acids is 1. The van der Waals surface area contributed by atoms with E-state index >= 15 is 0 Å². The standard InChI is InChI=1S/C22H21F3N2O4/c23-22(24,25)31-15-5-1-3-13(7-15)21(28)26-8-16-17-10-27(11-18(16)17)9-14-4-2-6-19-20(14)30-12-29-19/h1-7,16-18H,8-12H2,(H,26,28). The lowest BCUT2D eigenvalue weighted by Gasteiger charge is -2.20. The van der Waals surface area contributed by atoms with Crippen LogP contribution in [0.2, 0.25) is 0 Å². The van der Waals surface area contributed by atoms with E-state index in [1.807, 2.05) is 18.2 Å². The Morgan fingerprint density at radius 3 is 2.68 bits per heavy atom. The second-order valence-corrected chi connectivity index (χ2v) is 8.12. The van der Waals surface area contributed by atoms with E-state index in [2.05, 4.69) is 15.0 Å². The second kappa shape index (κ2) is 7.64. The van der Waals surface area contributed by atoms with Crippen molar-refractivity contribution in [3.63, 3.8) is 0 Å². The van der Waals surface area contributed by atoms with E-state index in [0.29, 0.717) is 24.3 Å². The number of alkyl halides is 3. The first-order chi connectivity index (χ1) is 14.9. The van der Waals surface area contributed by atoms with Gasteiger partial charge >= 0.3 is 6.36 Å². The van der Waals surface area contributed by atoms with Gasteiger partial charge in [-0.1, -0.05) is 18.2 Å². The van der Waals surface area contributed by atoms with Gasteiger partial charge in [0.1, 0.15) is 5.75 Å². The molecular weight excluding hydrogens is 413 g/mol. The van der Waals surface area contributed by atoms with Gasteiger partial charge in [-0.3, -0.25) is 9.69 Å². The van der Waals surface area contributed by atoms with Gasteiger partial charge in [-0.2, -0.15) is 0 Å². The third-order valence-electron chi connectivity index (χ3n) is 6.15. The molecule has 2 aromatic carbocycles. The molecule has 2 aromatic rings. The van der Waals surface area contributed by atoms with Gasteiger partial charge in [-0.15, -0.1) is 13.2 Å². The third-order valence-corrected chi connectivity index (χ3v) is 6.15. The molecule has 1 amide bonds. The zero-order valence-electron chi connectivity index (χ0n) is 16.5. The van der Waals surface area contributed by atoms with Gasteiger partial charge in [0.15, 0.2) is 11.5 Å². The summed E-state index contributed by atoms with van der Waals surface area (Å²) < 4.78 is 52.0. The number of nitrogens with one attached hydrogen (secondary N) is 1. The van der Waals surface area contributed by atoms with E-state index in [0.717, 1.165) is 42.8 Å². The first kappa shape index (κ1) is 20.0. The average molecular weight is 434 g/mol. The largest absolute Gasteiger partial charge is 0.573 e. The lowest BCUT2D eigenvalue weighted by molar-refractivity contribution is -0.274. The summed E-state index contributed by atoms with van der Waals surface area (Å²) >= 11 is 0. The van der Waals surface area contributed by atoms with Crippen molar-refractivity contribution in [2.24, 2.45) is 17.8 Å². The fourth-order valence-corrected chi connectivity index (χ4v) is 4.67. The molecule has 2 atom stereocenters. The summed E-state index contributed by atoms with van der Waals surface area (Å²) in [5.74, 6) is 2.25. The van der Waals surface area contributed by atoms with E-state index in [-0.39, 0.29) is 12.4 Å². The highest BCUT2D eigenvalue weighted by atomic mass is 19.4. The van der Waals surface area contributed by atoms with Crippen LogP contribution in [0.1, 0.15) is 15.9 Å². The van der Waals surface area contributed by atoms with Crippen LogP contribution in [0, 0.1) is 17.8 Å². The number of ether oxygens (including phenoxy) is 3. The molecule has 2 unspecified atom stereocenters. The quantitative estimate of drug-likeness (QED) is 0.755.